The van der Waals surface area contributed by atoms with Crippen molar-refractivity contribution in [3.63, 3.8) is 0 Å². The summed E-state index contributed by atoms with van der Waals surface area (Å²) in [6, 6.07) is 10.8. The van der Waals surface area contributed by atoms with Crippen LogP contribution in [-0.2, 0) is 10.0 Å². The maximum Gasteiger partial charge on any atom is 0.573 e. The van der Waals surface area contributed by atoms with E-state index in [0.717, 1.165) is 12.1 Å². The van der Waals surface area contributed by atoms with Crippen LogP contribution in [0.1, 0.15) is 30.1 Å². The van der Waals surface area contributed by atoms with E-state index in [1.165, 1.54) is 29.3 Å². The molecule has 42 heavy (non-hydrogen) atoms. The van der Waals surface area contributed by atoms with Crippen molar-refractivity contribution in [2.45, 2.75) is 36.6 Å². The Hall–Kier alpha value is -3.87. The first kappa shape index (κ1) is 31.1. The second kappa shape index (κ2) is 12.2. The van der Waals surface area contributed by atoms with Crippen LogP contribution in [0.2, 0.25) is 0 Å². The largest absolute Gasteiger partial charge is 0.573 e. The van der Waals surface area contributed by atoms with Gasteiger partial charge in [0.15, 0.2) is 0 Å². The Morgan fingerprint density at radius 1 is 1.19 bits per heavy atom. The molecule has 2 heterocycles. The number of nitrogens with one attached hydrogen (secondary N) is 1. The third-order valence-electron chi connectivity index (χ3n) is 6.70. The molecular weight excluding hydrogens is 595 g/mol. The number of pyridine rings is 1. The summed E-state index contributed by atoms with van der Waals surface area (Å²) in [4.78, 5) is 18.6. The summed E-state index contributed by atoms with van der Waals surface area (Å²) in [6.45, 7) is 5.48. The first-order valence-electron chi connectivity index (χ1n) is 12.7. The first-order chi connectivity index (χ1) is 19.7. The lowest BCUT2D eigenvalue weighted by Gasteiger charge is -2.39. The molecule has 2 aromatic carbocycles. The maximum absolute atomic E-state index is 13.3. The summed E-state index contributed by atoms with van der Waals surface area (Å²) < 4.78 is 72.8. The highest BCUT2D eigenvalue weighted by molar-refractivity contribution is 7.93. The number of hydrogen-bond donors (Lipinski definition) is 2. The third kappa shape index (κ3) is 6.94. The summed E-state index contributed by atoms with van der Waals surface area (Å²) in [6.07, 6.45) is 1.42. The lowest BCUT2D eigenvalue weighted by Crippen LogP contribution is -2.47. The summed E-state index contributed by atoms with van der Waals surface area (Å²) in [5, 5.41) is 11.9. The van der Waals surface area contributed by atoms with E-state index in [9.17, 15) is 31.5 Å². The lowest BCUT2D eigenvalue weighted by atomic mass is 9.83. The number of rotatable bonds is 8. The molecule has 222 valence electrons. The zero-order valence-corrected chi connectivity index (χ0v) is 23.9. The van der Waals surface area contributed by atoms with Crippen molar-refractivity contribution in [1.29, 1.82) is 0 Å². The van der Waals surface area contributed by atoms with E-state index in [4.69, 9.17) is 11.6 Å². The number of carbonyl (C=O) groups excluding carboxylic acids is 1. The van der Waals surface area contributed by atoms with Gasteiger partial charge in [0, 0.05) is 41.3 Å². The Morgan fingerprint density at radius 3 is 2.52 bits per heavy atom. The van der Waals surface area contributed by atoms with Crippen LogP contribution in [0.3, 0.4) is 0 Å². The van der Waals surface area contributed by atoms with Crippen molar-refractivity contribution in [2.75, 3.05) is 17.8 Å². The number of carbonyl (C=O) groups is 1. The summed E-state index contributed by atoms with van der Waals surface area (Å²) in [5.41, 5.74) is -1.52. The van der Waals surface area contributed by atoms with Gasteiger partial charge in [0.2, 0.25) is 0 Å². The number of amides is 1. The van der Waals surface area contributed by atoms with Gasteiger partial charge in [0.1, 0.15) is 10.6 Å². The molecular formula is C29H27ClF3N3O5S. The SMILES string of the molecule is C=C(Cl)/C(=C\C=C/C)C1(O)CCN(C(=O)c2ccc(NS(=O)(=O)c3cccc4cccnc34)cc2OC(F)(F)F)CC1. The van der Waals surface area contributed by atoms with Crippen molar-refractivity contribution in [2.24, 2.45) is 0 Å². The molecule has 3 aromatic rings. The number of sulfonamides is 1. The number of piperidine rings is 1. The molecule has 0 aliphatic carbocycles. The van der Waals surface area contributed by atoms with Gasteiger partial charge in [-0.1, -0.05) is 54.6 Å². The quantitative estimate of drug-likeness (QED) is 0.292. The molecule has 13 heteroatoms. The van der Waals surface area contributed by atoms with E-state index in [0.29, 0.717) is 11.0 Å². The fourth-order valence-electron chi connectivity index (χ4n) is 4.68. The van der Waals surface area contributed by atoms with E-state index in [1.807, 2.05) is 0 Å². The molecule has 4 rings (SSSR count). The molecule has 0 unspecified atom stereocenters. The summed E-state index contributed by atoms with van der Waals surface area (Å²) >= 11 is 6.10. The van der Waals surface area contributed by atoms with Crippen LogP contribution in [0, 0.1) is 0 Å². The zero-order valence-electron chi connectivity index (χ0n) is 22.4. The number of anilines is 1. The normalized spacial score (nSPS) is 16.0. The number of nitrogens with zero attached hydrogens (tertiary/aromatic N) is 2. The van der Waals surface area contributed by atoms with Crippen LogP contribution >= 0.6 is 11.6 Å². The van der Waals surface area contributed by atoms with E-state index in [2.05, 4.69) is 21.0 Å². The van der Waals surface area contributed by atoms with E-state index in [-0.39, 0.29) is 47.1 Å². The number of benzene rings is 2. The Morgan fingerprint density at radius 2 is 1.88 bits per heavy atom. The Balaban J connectivity index is 1.61. The average Bonchev–Trinajstić information content (AvgIpc) is 2.92. The van der Waals surface area contributed by atoms with Crippen molar-refractivity contribution in [3.8, 4) is 5.75 Å². The van der Waals surface area contributed by atoms with E-state index < -0.39 is 39.2 Å². The second-order valence-corrected chi connectivity index (χ2v) is 11.6. The number of ether oxygens (including phenoxy) is 1. The van der Waals surface area contributed by atoms with E-state index in [1.54, 1.807) is 43.4 Å². The van der Waals surface area contributed by atoms with Crippen molar-refractivity contribution in [1.82, 2.24) is 9.88 Å². The molecule has 0 atom stereocenters. The predicted octanol–water partition coefficient (Wildman–Crippen LogP) is 6.16. The van der Waals surface area contributed by atoms with E-state index >= 15 is 0 Å². The number of allylic oxidation sites excluding steroid dienone is 3. The van der Waals surface area contributed by atoms with Gasteiger partial charge in [-0.05, 0) is 44.0 Å². The summed E-state index contributed by atoms with van der Waals surface area (Å²) in [7, 11) is -4.29. The van der Waals surface area contributed by atoms with Gasteiger partial charge in [0.25, 0.3) is 15.9 Å². The molecule has 1 aromatic heterocycles. The number of fused-ring (bicyclic) bond motifs is 1. The van der Waals surface area contributed by atoms with Crippen LogP contribution in [0.25, 0.3) is 10.9 Å². The molecule has 1 amide bonds. The average molecular weight is 622 g/mol. The van der Waals surface area contributed by atoms with Gasteiger partial charge >= 0.3 is 6.36 Å². The first-order valence-corrected chi connectivity index (χ1v) is 14.6. The fourth-order valence-corrected chi connectivity index (χ4v) is 6.15. The van der Waals surface area contributed by atoms with Crippen molar-refractivity contribution in [3.05, 3.63) is 95.7 Å². The van der Waals surface area contributed by atoms with Gasteiger partial charge in [0.05, 0.1) is 22.4 Å². The molecule has 0 bridgehead atoms. The standard InChI is InChI=1S/C29H27ClF3N3O5S/c1-3-4-9-23(19(2)30)28(38)13-16-36(17-14-28)27(37)22-12-11-21(18-24(22)41-29(31,32)33)35-42(39,40)25-10-5-7-20-8-6-15-34-26(20)25/h3-12,15,18,35,38H,2,13-14,16-17H2,1H3/b4-3-,23-9+. The van der Waals surface area contributed by atoms with Gasteiger partial charge in [-0.15, -0.1) is 13.2 Å². The minimum Gasteiger partial charge on any atom is -0.405 e. The highest BCUT2D eigenvalue weighted by Crippen LogP contribution is 2.37. The number of likely N-dealkylation sites (tertiary alicyclic amines) is 1. The zero-order chi connectivity index (χ0) is 30.7. The van der Waals surface area contributed by atoms with Crippen LogP contribution in [-0.4, -0.2) is 54.4 Å². The number of aliphatic hydroxyl groups is 1. The second-order valence-electron chi connectivity index (χ2n) is 9.53. The lowest BCUT2D eigenvalue weighted by molar-refractivity contribution is -0.274. The number of hydrogen-bond acceptors (Lipinski definition) is 6. The van der Waals surface area contributed by atoms with Gasteiger partial charge in [-0.3, -0.25) is 14.5 Å². The number of halogens is 4. The molecule has 0 spiro atoms. The monoisotopic (exact) mass is 621 g/mol. The number of para-hydroxylation sites is 1. The predicted molar refractivity (Wildman–Crippen MR) is 154 cm³/mol. The highest BCUT2D eigenvalue weighted by atomic mass is 35.5. The molecule has 1 fully saturated rings. The van der Waals surface area contributed by atoms with Crippen molar-refractivity contribution < 1.29 is 36.2 Å². The third-order valence-corrected chi connectivity index (χ3v) is 8.32. The molecule has 8 nitrogen and oxygen atoms in total. The molecule has 0 radical (unpaired) electrons. The van der Waals surface area contributed by atoms with Crippen LogP contribution < -0.4 is 9.46 Å². The summed E-state index contributed by atoms with van der Waals surface area (Å²) in [5.74, 6) is -1.67. The molecule has 0 saturated carbocycles. The van der Waals surface area contributed by atoms with Crippen LogP contribution in [0.5, 0.6) is 5.75 Å². The molecule has 1 aliphatic rings. The number of aromatic nitrogens is 1. The van der Waals surface area contributed by atoms with Crippen LogP contribution in [0.15, 0.2) is 95.0 Å². The highest BCUT2D eigenvalue weighted by Gasteiger charge is 2.39. The number of alkyl halides is 3. The van der Waals surface area contributed by atoms with Crippen LogP contribution in [0.4, 0.5) is 18.9 Å². The minimum absolute atomic E-state index is 0.000597. The fraction of sp³-hybridized carbons (Fsp3) is 0.241. The van der Waals surface area contributed by atoms with Crippen molar-refractivity contribution >= 4 is 44.1 Å². The topological polar surface area (TPSA) is 109 Å². The molecule has 2 N–H and O–H groups in total. The molecule has 1 saturated heterocycles. The smallest absolute Gasteiger partial charge is 0.405 e. The maximum atomic E-state index is 13.3. The van der Waals surface area contributed by atoms with Gasteiger partial charge in [-0.2, -0.15) is 0 Å². The Kier molecular flexibility index (Phi) is 9.00. The Labute approximate surface area is 245 Å². The minimum atomic E-state index is -5.17. The molecule has 1 aliphatic heterocycles. The van der Waals surface area contributed by atoms with Gasteiger partial charge < -0.3 is 14.7 Å². The van der Waals surface area contributed by atoms with Gasteiger partial charge in [-0.25, -0.2) is 8.42 Å². The Bertz CT molecular complexity index is 1680.